The monoisotopic (exact) mass is 421 g/mol. The van der Waals surface area contributed by atoms with Crippen LogP contribution in [0.1, 0.15) is 36.3 Å². The van der Waals surface area contributed by atoms with Crippen LogP contribution in [0.25, 0.3) is 11.1 Å². The Morgan fingerprint density at radius 3 is 2.32 bits per heavy atom. The van der Waals surface area contributed by atoms with Crippen molar-refractivity contribution in [1.82, 2.24) is 10.2 Å². The zero-order valence-electron chi connectivity index (χ0n) is 17.6. The molecule has 1 aliphatic rings. The Morgan fingerprint density at radius 1 is 1.13 bits per heavy atom. The van der Waals surface area contributed by atoms with E-state index < -0.39 is 18.1 Å². The van der Waals surface area contributed by atoms with Crippen LogP contribution in [0.5, 0.6) is 0 Å². The molecule has 1 unspecified atom stereocenters. The molecule has 1 aliphatic carbocycles. The second-order valence-electron chi connectivity index (χ2n) is 7.71. The molecule has 0 saturated carbocycles. The minimum absolute atomic E-state index is 0.0739. The molecule has 2 N–H and O–H groups in total. The SMILES string of the molecule is CN(CCC#N)CCCC(NC(=O)OCC1c2ccccc2-c2ccccc21)C(=O)O. The summed E-state index contributed by atoms with van der Waals surface area (Å²) in [6.07, 6.45) is 0.572. The predicted octanol–water partition coefficient (Wildman–Crippen LogP) is 3.60. The first-order valence-corrected chi connectivity index (χ1v) is 10.4. The smallest absolute Gasteiger partial charge is 0.407 e. The second kappa shape index (κ2) is 10.6. The van der Waals surface area contributed by atoms with Crippen LogP contribution in [-0.2, 0) is 9.53 Å². The molecule has 162 valence electrons. The standard InChI is InChI=1S/C24H27N3O4/c1-27(15-7-13-25)14-6-12-22(23(28)29)26-24(30)31-16-21-19-10-4-2-8-17(19)18-9-3-5-11-20(18)21/h2-5,8-11,21-22H,6-7,12,14-16H2,1H3,(H,26,30)(H,28,29). The van der Waals surface area contributed by atoms with Crippen LogP contribution in [0, 0.1) is 11.3 Å². The van der Waals surface area contributed by atoms with Crippen molar-refractivity contribution in [2.24, 2.45) is 0 Å². The van der Waals surface area contributed by atoms with Gasteiger partial charge in [0.05, 0.1) is 6.07 Å². The highest BCUT2D eigenvalue weighted by atomic mass is 16.5. The molecule has 0 radical (unpaired) electrons. The third-order valence-electron chi connectivity index (χ3n) is 5.57. The summed E-state index contributed by atoms with van der Waals surface area (Å²) in [6, 6.07) is 17.2. The molecule has 7 heteroatoms. The number of nitriles is 1. The van der Waals surface area contributed by atoms with Gasteiger partial charge in [-0.25, -0.2) is 9.59 Å². The highest BCUT2D eigenvalue weighted by Gasteiger charge is 2.29. The van der Waals surface area contributed by atoms with Gasteiger partial charge in [-0.05, 0) is 48.7 Å². The maximum Gasteiger partial charge on any atom is 0.407 e. The van der Waals surface area contributed by atoms with Crippen LogP contribution < -0.4 is 5.32 Å². The maximum atomic E-state index is 12.3. The summed E-state index contributed by atoms with van der Waals surface area (Å²) in [5.41, 5.74) is 4.48. The van der Waals surface area contributed by atoms with Crippen molar-refractivity contribution in [1.29, 1.82) is 5.26 Å². The van der Waals surface area contributed by atoms with Gasteiger partial charge in [0.2, 0.25) is 0 Å². The number of nitrogens with one attached hydrogen (secondary N) is 1. The van der Waals surface area contributed by atoms with E-state index in [0.29, 0.717) is 25.9 Å². The third kappa shape index (κ3) is 5.62. The number of aliphatic carboxylic acids is 1. The fraction of sp³-hybridized carbons (Fsp3) is 0.375. The number of carboxylic acids is 1. The quantitative estimate of drug-likeness (QED) is 0.608. The molecule has 0 bridgehead atoms. The summed E-state index contributed by atoms with van der Waals surface area (Å²) in [5, 5.41) is 20.5. The van der Waals surface area contributed by atoms with E-state index in [1.54, 1.807) is 0 Å². The van der Waals surface area contributed by atoms with E-state index in [1.807, 2.05) is 48.3 Å². The molecule has 31 heavy (non-hydrogen) atoms. The molecule has 2 aromatic rings. The van der Waals surface area contributed by atoms with Crippen molar-refractivity contribution < 1.29 is 19.4 Å². The number of alkyl carbamates (subject to hydrolysis) is 1. The van der Waals surface area contributed by atoms with Crippen LogP contribution in [-0.4, -0.2) is 54.9 Å². The van der Waals surface area contributed by atoms with Crippen molar-refractivity contribution >= 4 is 12.1 Å². The second-order valence-corrected chi connectivity index (χ2v) is 7.71. The minimum Gasteiger partial charge on any atom is -0.480 e. The largest absolute Gasteiger partial charge is 0.480 e. The first-order chi connectivity index (χ1) is 15.0. The highest BCUT2D eigenvalue weighted by molar-refractivity contribution is 5.81. The third-order valence-corrected chi connectivity index (χ3v) is 5.57. The molecule has 0 saturated heterocycles. The highest BCUT2D eigenvalue weighted by Crippen LogP contribution is 2.44. The number of nitrogens with zero attached hydrogens (tertiary/aromatic N) is 2. The number of benzene rings is 2. The van der Waals surface area contributed by atoms with Gasteiger partial charge in [0.1, 0.15) is 12.6 Å². The number of amides is 1. The van der Waals surface area contributed by atoms with Gasteiger partial charge in [-0.2, -0.15) is 5.26 Å². The average Bonchev–Trinajstić information content (AvgIpc) is 3.09. The Kier molecular flexibility index (Phi) is 7.63. The molecule has 1 atom stereocenters. The Bertz CT molecular complexity index is 924. The van der Waals surface area contributed by atoms with Gasteiger partial charge in [-0.1, -0.05) is 48.5 Å². The lowest BCUT2D eigenvalue weighted by molar-refractivity contribution is -0.139. The number of fused-ring (bicyclic) bond motifs is 3. The van der Waals surface area contributed by atoms with Crippen molar-refractivity contribution in [3.8, 4) is 17.2 Å². The van der Waals surface area contributed by atoms with E-state index in [4.69, 9.17) is 10.00 Å². The summed E-state index contributed by atoms with van der Waals surface area (Å²) in [5.74, 6) is -1.16. The number of hydrogen-bond donors (Lipinski definition) is 2. The number of hydrogen-bond acceptors (Lipinski definition) is 5. The average molecular weight is 421 g/mol. The summed E-state index contributed by atoms with van der Waals surface area (Å²) < 4.78 is 5.44. The normalized spacial score (nSPS) is 13.2. The first-order valence-electron chi connectivity index (χ1n) is 10.4. The molecular weight excluding hydrogens is 394 g/mol. The lowest BCUT2D eigenvalue weighted by Crippen LogP contribution is -2.41. The summed E-state index contributed by atoms with van der Waals surface area (Å²) >= 11 is 0. The maximum absolute atomic E-state index is 12.3. The van der Waals surface area contributed by atoms with E-state index in [2.05, 4.69) is 23.5 Å². The van der Waals surface area contributed by atoms with Gasteiger partial charge in [0.25, 0.3) is 0 Å². The number of carboxylic acid groups (broad SMARTS) is 1. The van der Waals surface area contributed by atoms with E-state index >= 15 is 0 Å². The lowest BCUT2D eigenvalue weighted by Gasteiger charge is -2.19. The van der Waals surface area contributed by atoms with Crippen LogP contribution in [0.3, 0.4) is 0 Å². The summed E-state index contributed by atoms with van der Waals surface area (Å²) in [6.45, 7) is 1.43. The Labute approximate surface area is 182 Å². The van der Waals surface area contributed by atoms with Gasteiger partial charge in [-0.3, -0.25) is 0 Å². The van der Waals surface area contributed by atoms with E-state index in [-0.39, 0.29) is 18.9 Å². The molecule has 0 aromatic heterocycles. The van der Waals surface area contributed by atoms with Crippen LogP contribution in [0.15, 0.2) is 48.5 Å². The number of rotatable bonds is 10. The van der Waals surface area contributed by atoms with Gasteiger partial charge >= 0.3 is 12.1 Å². The van der Waals surface area contributed by atoms with Gasteiger partial charge < -0.3 is 20.1 Å². The van der Waals surface area contributed by atoms with Crippen molar-refractivity contribution in [3.63, 3.8) is 0 Å². The number of carbonyl (C=O) groups excluding carboxylic acids is 1. The molecule has 1 amide bonds. The van der Waals surface area contributed by atoms with Crippen LogP contribution >= 0.6 is 0 Å². The minimum atomic E-state index is -1.09. The summed E-state index contributed by atoms with van der Waals surface area (Å²) in [4.78, 5) is 25.8. The molecule has 0 fully saturated rings. The first kappa shape index (κ1) is 22.3. The molecule has 3 rings (SSSR count). The molecular formula is C24H27N3O4. The van der Waals surface area contributed by atoms with Crippen LogP contribution in [0.4, 0.5) is 4.79 Å². The zero-order valence-corrected chi connectivity index (χ0v) is 17.6. The molecule has 0 spiro atoms. The van der Waals surface area contributed by atoms with Gasteiger partial charge in [0.15, 0.2) is 0 Å². The van der Waals surface area contributed by atoms with Crippen LogP contribution in [0.2, 0.25) is 0 Å². The predicted molar refractivity (Wildman–Crippen MR) is 117 cm³/mol. The Balaban J connectivity index is 1.54. The molecule has 0 aliphatic heterocycles. The molecule has 0 heterocycles. The number of ether oxygens (including phenoxy) is 1. The summed E-state index contributed by atoms with van der Waals surface area (Å²) in [7, 11) is 1.88. The van der Waals surface area contributed by atoms with Gasteiger partial charge in [0, 0.05) is 18.9 Å². The molecule has 7 nitrogen and oxygen atoms in total. The lowest BCUT2D eigenvalue weighted by atomic mass is 9.98. The van der Waals surface area contributed by atoms with E-state index in [1.165, 1.54) is 0 Å². The van der Waals surface area contributed by atoms with Crippen molar-refractivity contribution in [2.45, 2.75) is 31.2 Å². The Hall–Kier alpha value is -3.37. The molecule has 2 aromatic carbocycles. The Morgan fingerprint density at radius 2 is 1.74 bits per heavy atom. The topological polar surface area (TPSA) is 103 Å². The number of carbonyl (C=O) groups is 2. The van der Waals surface area contributed by atoms with Gasteiger partial charge in [-0.15, -0.1) is 0 Å². The van der Waals surface area contributed by atoms with Crippen molar-refractivity contribution in [2.75, 3.05) is 26.7 Å². The fourth-order valence-corrected chi connectivity index (χ4v) is 3.96. The van der Waals surface area contributed by atoms with E-state index in [0.717, 1.165) is 22.3 Å². The fourth-order valence-electron chi connectivity index (χ4n) is 3.96. The van der Waals surface area contributed by atoms with Crippen molar-refractivity contribution in [3.05, 3.63) is 59.7 Å². The van der Waals surface area contributed by atoms with E-state index in [9.17, 15) is 14.7 Å². The zero-order chi connectivity index (χ0) is 22.2.